The van der Waals surface area contributed by atoms with Gasteiger partial charge in [-0.05, 0) is 115 Å². The molecule has 0 radical (unpaired) electrons. The molecule has 0 unspecified atom stereocenters. The zero-order valence-corrected chi connectivity index (χ0v) is 29.9. The molecule has 0 aliphatic rings. The number of hydrogen-bond acceptors (Lipinski definition) is 1. The molecule has 0 heterocycles. The first-order chi connectivity index (χ1) is 19.1. The topological polar surface area (TPSA) is 3.24 Å². The van der Waals surface area contributed by atoms with Gasteiger partial charge in [0, 0.05) is 28.3 Å². The van der Waals surface area contributed by atoms with Crippen LogP contribution in [0.1, 0.15) is 106 Å². The standard InChI is InChI=1S/C38H57NP2/c1-26(2)32-20-22-35(37(24-32)40(13,28(5)6)29(7)8)39(34-18-16-15-17-19-34)36-23-21-33(27(3)4)25-38(36)41(14,30(9)10)31(11)12/h15-31H,13-14H2,1-12H3. The lowest BCUT2D eigenvalue weighted by Crippen LogP contribution is -2.32. The van der Waals surface area contributed by atoms with Gasteiger partial charge < -0.3 is 4.90 Å². The quantitative estimate of drug-likeness (QED) is 0.159. The molecule has 0 saturated heterocycles. The number of hydrogen-bond donors (Lipinski definition) is 0. The van der Waals surface area contributed by atoms with E-state index >= 15 is 0 Å². The lowest BCUT2D eigenvalue weighted by molar-refractivity contribution is 0.867. The molecule has 3 aromatic carbocycles. The maximum atomic E-state index is 5.11. The van der Waals surface area contributed by atoms with Gasteiger partial charge in [0.2, 0.25) is 0 Å². The van der Waals surface area contributed by atoms with Crippen molar-refractivity contribution < 1.29 is 0 Å². The van der Waals surface area contributed by atoms with Crippen LogP contribution in [0.5, 0.6) is 0 Å². The molecule has 0 N–H and O–H groups in total. The Kier molecular flexibility index (Phi) is 11.0. The summed E-state index contributed by atoms with van der Waals surface area (Å²) in [5.74, 6) is 0.920. The lowest BCUT2D eigenvalue weighted by atomic mass is 10.0. The molecule has 0 aromatic heterocycles. The van der Waals surface area contributed by atoms with Crippen LogP contribution >= 0.6 is 14.5 Å². The highest BCUT2D eigenvalue weighted by Gasteiger charge is 2.42. The van der Waals surface area contributed by atoms with Gasteiger partial charge in [0.05, 0.1) is 22.0 Å². The van der Waals surface area contributed by atoms with E-state index in [9.17, 15) is 0 Å². The number of anilines is 3. The second-order valence-corrected chi connectivity index (χ2v) is 22.5. The van der Waals surface area contributed by atoms with E-state index in [1.54, 1.807) is 0 Å². The molecule has 0 amide bonds. The molecule has 0 bridgehead atoms. The second-order valence-electron chi connectivity index (χ2n) is 13.7. The highest BCUT2D eigenvalue weighted by atomic mass is 31.2. The summed E-state index contributed by atoms with van der Waals surface area (Å²) >= 11 is 0. The highest BCUT2D eigenvalue weighted by Crippen LogP contribution is 2.68. The molecule has 224 valence electrons. The minimum Gasteiger partial charge on any atom is -0.303 e. The van der Waals surface area contributed by atoms with Crippen LogP contribution in [0.2, 0.25) is 0 Å². The number of para-hydroxylation sites is 1. The van der Waals surface area contributed by atoms with E-state index in [1.165, 1.54) is 38.8 Å². The van der Waals surface area contributed by atoms with Crippen LogP contribution in [0.25, 0.3) is 0 Å². The normalized spacial score (nSPS) is 13.0. The number of rotatable bonds is 11. The van der Waals surface area contributed by atoms with Crippen LogP contribution in [0.3, 0.4) is 0 Å². The summed E-state index contributed by atoms with van der Waals surface area (Å²) in [4.78, 5) is 2.56. The van der Waals surface area contributed by atoms with Crippen molar-refractivity contribution in [3.8, 4) is 0 Å². The first-order valence-electron chi connectivity index (χ1n) is 15.7. The van der Waals surface area contributed by atoms with E-state index in [0.717, 1.165) is 0 Å². The molecule has 0 fully saturated rings. The minimum atomic E-state index is -1.78. The molecule has 0 aliphatic carbocycles. The summed E-state index contributed by atoms with van der Waals surface area (Å²) in [5.41, 5.74) is 8.47. The second kappa shape index (κ2) is 13.3. The predicted octanol–water partition coefficient (Wildman–Crippen LogP) is 11.9. The first-order valence-corrected chi connectivity index (χ1v) is 19.9. The van der Waals surface area contributed by atoms with E-state index in [0.29, 0.717) is 34.5 Å². The Balaban J connectivity index is 2.55. The Morgan fingerprint density at radius 2 is 0.829 bits per heavy atom. The summed E-state index contributed by atoms with van der Waals surface area (Å²) in [6.45, 7) is 38.5. The third kappa shape index (κ3) is 6.48. The number of nitrogens with zero attached hydrogens (tertiary/aromatic N) is 1. The van der Waals surface area contributed by atoms with Crippen molar-refractivity contribution in [2.45, 2.75) is 118 Å². The van der Waals surface area contributed by atoms with Crippen molar-refractivity contribution in [1.82, 2.24) is 0 Å². The Morgan fingerprint density at radius 1 is 0.488 bits per heavy atom. The summed E-state index contributed by atoms with van der Waals surface area (Å²) in [7, 11) is -3.56. The first kappa shape index (κ1) is 33.8. The molecule has 0 spiro atoms. The van der Waals surface area contributed by atoms with Gasteiger partial charge in [-0.1, -0.05) is 72.6 Å². The summed E-state index contributed by atoms with van der Waals surface area (Å²) in [5, 5.41) is 2.89. The van der Waals surface area contributed by atoms with Gasteiger partial charge in [0.1, 0.15) is 0 Å². The average Bonchev–Trinajstić information content (AvgIpc) is 2.92. The van der Waals surface area contributed by atoms with Crippen LogP contribution in [0, 0.1) is 13.3 Å². The van der Waals surface area contributed by atoms with Gasteiger partial charge in [-0.2, -0.15) is 13.3 Å². The maximum absolute atomic E-state index is 5.11. The monoisotopic (exact) mass is 589 g/mol. The van der Waals surface area contributed by atoms with Gasteiger partial charge in [0.25, 0.3) is 0 Å². The smallest absolute Gasteiger partial charge is 0.0892 e. The van der Waals surface area contributed by atoms with Crippen molar-refractivity contribution in [1.29, 1.82) is 0 Å². The van der Waals surface area contributed by atoms with E-state index in [2.05, 4.69) is 155 Å². The van der Waals surface area contributed by atoms with Gasteiger partial charge in [0.15, 0.2) is 0 Å². The molecule has 0 aliphatic heterocycles. The molecule has 3 heteroatoms. The van der Waals surface area contributed by atoms with Crippen LogP contribution in [-0.4, -0.2) is 22.6 Å². The van der Waals surface area contributed by atoms with E-state index in [-0.39, 0.29) is 0 Å². The molecule has 0 atom stereocenters. The van der Waals surface area contributed by atoms with Gasteiger partial charge >= 0.3 is 0 Å². The summed E-state index contributed by atoms with van der Waals surface area (Å²) < 4.78 is 0. The van der Waals surface area contributed by atoms with Crippen molar-refractivity contribution in [2.75, 3.05) is 4.90 Å². The molecular formula is C38H57NP2. The predicted molar refractivity (Wildman–Crippen MR) is 194 cm³/mol. The van der Waals surface area contributed by atoms with Crippen LogP contribution in [0.15, 0.2) is 66.7 Å². The molecule has 3 aromatic rings. The fourth-order valence-electron chi connectivity index (χ4n) is 6.13. The Labute approximate surface area is 255 Å². The Morgan fingerprint density at radius 3 is 1.12 bits per heavy atom. The largest absolute Gasteiger partial charge is 0.303 e. The van der Waals surface area contributed by atoms with Gasteiger partial charge in [-0.15, -0.1) is 0 Å². The fourth-order valence-corrected chi connectivity index (χ4v) is 12.7. The Hall–Kier alpha value is -1.68. The van der Waals surface area contributed by atoms with Crippen LogP contribution in [-0.2, 0) is 0 Å². The van der Waals surface area contributed by atoms with E-state index in [1.807, 2.05) is 0 Å². The average molecular weight is 590 g/mol. The molecule has 3 rings (SSSR count). The number of benzene rings is 3. The third-order valence-electron chi connectivity index (χ3n) is 9.41. The fraction of sp³-hybridized carbons (Fsp3) is 0.474. The summed E-state index contributed by atoms with van der Waals surface area (Å²) in [6, 6.07) is 25.5. The zero-order valence-electron chi connectivity index (χ0n) is 28.1. The SMILES string of the molecule is [CH2-][P+](c1cc(C(C)C)ccc1N(c1ccccc1)c1ccc(C(C)C)cc1[P+]([CH2-])(C(C)C)C(C)C)(C(C)C)C(C)C. The molecular weight excluding hydrogens is 532 g/mol. The molecule has 41 heavy (non-hydrogen) atoms. The molecule has 0 saturated carbocycles. The molecule has 1 nitrogen and oxygen atoms in total. The van der Waals surface area contributed by atoms with E-state index < -0.39 is 14.5 Å². The summed E-state index contributed by atoms with van der Waals surface area (Å²) in [6.07, 6.45) is 0. The Bertz CT molecular complexity index is 1190. The lowest BCUT2D eigenvalue weighted by Gasteiger charge is -2.44. The maximum Gasteiger partial charge on any atom is 0.0892 e. The van der Waals surface area contributed by atoms with Crippen LogP contribution in [0.4, 0.5) is 17.1 Å². The van der Waals surface area contributed by atoms with Crippen molar-refractivity contribution in [3.05, 3.63) is 91.2 Å². The highest BCUT2D eigenvalue weighted by molar-refractivity contribution is 7.85. The van der Waals surface area contributed by atoms with E-state index in [4.69, 9.17) is 13.3 Å². The third-order valence-corrected chi connectivity index (χ3v) is 19.3. The zero-order chi connectivity index (χ0) is 30.9. The minimum absolute atomic E-state index is 0.460. The van der Waals surface area contributed by atoms with Gasteiger partial charge in [-0.25, -0.2) is 0 Å². The van der Waals surface area contributed by atoms with Crippen molar-refractivity contribution in [2.24, 2.45) is 0 Å². The van der Waals surface area contributed by atoms with Crippen LogP contribution < -0.4 is 15.5 Å². The van der Waals surface area contributed by atoms with Crippen molar-refractivity contribution in [3.63, 3.8) is 0 Å². The van der Waals surface area contributed by atoms with Gasteiger partial charge in [-0.3, -0.25) is 0 Å². The van der Waals surface area contributed by atoms with Crippen molar-refractivity contribution >= 4 is 42.2 Å².